The molecule has 0 bridgehead atoms. The summed E-state index contributed by atoms with van der Waals surface area (Å²) in [6.07, 6.45) is 5.72. The van der Waals surface area contributed by atoms with Crippen LogP contribution >= 0.6 is 0 Å². The van der Waals surface area contributed by atoms with Gasteiger partial charge in [0.05, 0.1) is 13.7 Å². The molecule has 0 radical (unpaired) electrons. The first-order chi connectivity index (χ1) is 8.85. The Bertz CT molecular complexity index is 353. The summed E-state index contributed by atoms with van der Waals surface area (Å²) in [6, 6.07) is 4.55. The highest BCUT2D eigenvalue weighted by molar-refractivity contribution is 5.21. The van der Waals surface area contributed by atoms with Crippen LogP contribution < -0.4 is 4.74 Å². The summed E-state index contributed by atoms with van der Waals surface area (Å²) >= 11 is 0. The van der Waals surface area contributed by atoms with Gasteiger partial charge >= 0.3 is 0 Å². The van der Waals surface area contributed by atoms with Gasteiger partial charge in [-0.2, -0.15) is 0 Å². The monoisotopic (exact) mass is 250 g/mol. The van der Waals surface area contributed by atoms with Gasteiger partial charge in [0, 0.05) is 32.0 Å². The lowest BCUT2D eigenvalue weighted by atomic mass is 9.96. The van der Waals surface area contributed by atoms with E-state index in [1.807, 2.05) is 12.3 Å². The van der Waals surface area contributed by atoms with Gasteiger partial charge in [0.1, 0.15) is 0 Å². The van der Waals surface area contributed by atoms with Crippen molar-refractivity contribution in [1.82, 2.24) is 9.88 Å². The number of hydrogen-bond acceptors (Lipinski definition) is 4. The summed E-state index contributed by atoms with van der Waals surface area (Å²) < 4.78 is 10.3. The molecule has 1 aromatic rings. The quantitative estimate of drug-likeness (QED) is 0.803. The van der Waals surface area contributed by atoms with Crippen molar-refractivity contribution in [2.24, 2.45) is 0 Å². The highest BCUT2D eigenvalue weighted by atomic mass is 16.5. The standard InChI is InChI=1S/C14H22N2O2/c1-17-10-9-16-8-4-3-5-13(16)12-6-7-14(18-2)15-11-12/h6-7,11,13H,3-5,8-10H2,1-2H3. The fourth-order valence-electron chi connectivity index (χ4n) is 2.55. The van der Waals surface area contributed by atoms with Gasteiger partial charge in [0.2, 0.25) is 5.88 Å². The number of hydrogen-bond donors (Lipinski definition) is 0. The molecule has 0 aliphatic carbocycles. The predicted octanol–water partition coefficient (Wildman–Crippen LogP) is 2.26. The van der Waals surface area contributed by atoms with Crippen molar-refractivity contribution in [3.8, 4) is 5.88 Å². The summed E-state index contributed by atoms with van der Waals surface area (Å²) in [6.45, 7) is 2.94. The van der Waals surface area contributed by atoms with Crippen LogP contribution in [0.3, 0.4) is 0 Å². The molecule has 18 heavy (non-hydrogen) atoms. The smallest absolute Gasteiger partial charge is 0.212 e. The molecule has 1 saturated heterocycles. The minimum absolute atomic E-state index is 0.479. The van der Waals surface area contributed by atoms with Crippen LogP contribution in [0.1, 0.15) is 30.9 Å². The normalized spacial score (nSPS) is 20.9. The molecule has 1 fully saturated rings. The Labute approximate surface area is 109 Å². The van der Waals surface area contributed by atoms with Gasteiger partial charge in [-0.3, -0.25) is 4.90 Å². The fourth-order valence-corrected chi connectivity index (χ4v) is 2.55. The number of likely N-dealkylation sites (tertiary alicyclic amines) is 1. The van der Waals surface area contributed by atoms with Crippen molar-refractivity contribution in [1.29, 1.82) is 0 Å². The fraction of sp³-hybridized carbons (Fsp3) is 0.643. The SMILES string of the molecule is COCCN1CCCCC1c1ccc(OC)nc1. The van der Waals surface area contributed by atoms with Crippen molar-refractivity contribution in [2.75, 3.05) is 33.9 Å². The van der Waals surface area contributed by atoms with Gasteiger partial charge in [-0.05, 0) is 24.9 Å². The van der Waals surface area contributed by atoms with Crippen LogP contribution in [0.5, 0.6) is 5.88 Å². The number of nitrogens with zero attached hydrogens (tertiary/aromatic N) is 2. The maximum atomic E-state index is 5.19. The second-order valence-corrected chi connectivity index (χ2v) is 4.67. The summed E-state index contributed by atoms with van der Waals surface area (Å²) in [7, 11) is 3.40. The summed E-state index contributed by atoms with van der Waals surface area (Å²) in [5, 5.41) is 0. The summed E-state index contributed by atoms with van der Waals surface area (Å²) in [5.41, 5.74) is 1.28. The molecule has 2 heterocycles. The van der Waals surface area contributed by atoms with Gasteiger partial charge in [0.15, 0.2) is 0 Å². The molecule has 4 nitrogen and oxygen atoms in total. The van der Waals surface area contributed by atoms with E-state index < -0.39 is 0 Å². The van der Waals surface area contributed by atoms with E-state index in [0.717, 1.165) is 19.7 Å². The van der Waals surface area contributed by atoms with E-state index in [0.29, 0.717) is 11.9 Å². The molecule has 1 atom stereocenters. The van der Waals surface area contributed by atoms with E-state index in [1.165, 1.54) is 24.8 Å². The van der Waals surface area contributed by atoms with E-state index in [1.54, 1.807) is 14.2 Å². The number of methoxy groups -OCH3 is 2. The Morgan fingerprint density at radius 1 is 1.33 bits per heavy atom. The number of rotatable bonds is 5. The molecule has 1 unspecified atom stereocenters. The number of aromatic nitrogens is 1. The van der Waals surface area contributed by atoms with Crippen LogP contribution in [0.15, 0.2) is 18.3 Å². The molecule has 0 N–H and O–H groups in total. The van der Waals surface area contributed by atoms with Gasteiger partial charge in [-0.1, -0.05) is 12.5 Å². The van der Waals surface area contributed by atoms with E-state index >= 15 is 0 Å². The van der Waals surface area contributed by atoms with E-state index in [4.69, 9.17) is 9.47 Å². The van der Waals surface area contributed by atoms with E-state index in [9.17, 15) is 0 Å². The predicted molar refractivity (Wildman–Crippen MR) is 70.8 cm³/mol. The van der Waals surface area contributed by atoms with Crippen LogP contribution in [0.2, 0.25) is 0 Å². The average Bonchev–Trinajstić information content (AvgIpc) is 2.45. The first-order valence-electron chi connectivity index (χ1n) is 6.58. The van der Waals surface area contributed by atoms with Crippen molar-refractivity contribution in [3.63, 3.8) is 0 Å². The molecule has 0 aromatic carbocycles. The molecule has 0 saturated carbocycles. The minimum Gasteiger partial charge on any atom is -0.481 e. The highest BCUT2D eigenvalue weighted by Gasteiger charge is 2.23. The van der Waals surface area contributed by atoms with Crippen LogP contribution in [-0.2, 0) is 4.74 Å². The average molecular weight is 250 g/mol. The molecule has 100 valence electrons. The molecule has 4 heteroatoms. The molecular formula is C14H22N2O2. The van der Waals surface area contributed by atoms with Crippen LogP contribution in [0.4, 0.5) is 0 Å². The van der Waals surface area contributed by atoms with Crippen LogP contribution in [-0.4, -0.2) is 43.8 Å². The molecule has 0 amide bonds. The third kappa shape index (κ3) is 3.21. The first kappa shape index (κ1) is 13.3. The van der Waals surface area contributed by atoms with Gasteiger partial charge in [-0.15, -0.1) is 0 Å². The molecular weight excluding hydrogens is 228 g/mol. The van der Waals surface area contributed by atoms with Gasteiger partial charge in [0.25, 0.3) is 0 Å². The van der Waals surface area contributed by atoms with Gasteiger partial charge < -0.3 is 9.47 Å². The largest absolute Gasteiger partial charge is 0.481 e. The van der Waals surface area contributed by atoms with E-state index in [2.05, 4.69) is 16.0 Å². The molecule has 0 spiro atoms. The molecule has 1 aliphatic heterocycles. The third-order valence-corrected chi connectivity index (χ3v) is 3.55. The van der Waals surface area contributed by atoms with Crippen molar-refractivity contribution in [3.05, 3.63) is 23.9 Å². The van der Waals surface area contributed by atoms with Crippen LogP contribution in [0.25, 0.3) is 0 Å². The first-order valence-corrected chi connectivity index (χ1v) is 6.58. The minimum atomic E-state index is 0.479. The topological polar surface area (TPSA) is 34.6 Å². The zero-order valence-electron chi connectivity index (χ0n) is 11.3. The van der Waals surface area contributed by atoms with E-state index in [-0.39, 0.29) is 0 Å². The highest BCUT2D eigenvalue weighted by Crippen LogP contribution is 2.30. The lowest BCUT2D eigenvalue weighted by Gasteiger charge is -2.35. The number of ether oxygens (including phenoxy) is 2. The summed E-state index contributed by atoms with van der Waals surface area (Å²) in [5.74, 6) is 0.679. The Morgan fingerprint density at radius 3 is 2.89 bits per heavy atom. The molecule has 1 aliphatic rings. The lowest BCUT2D eigenvalue weighted by Crippen LogP contribution is -2.35. The third-order valence-electron chi connectivity index (χ3n) is 3.55. The maximum Gasteiger partial charge on any atom is 0.212 e. The second kappa shape index (κ2) is 6.71. The molecule has 1 aromatic heterocycles. The summed E-state index contributed by atoms with van der Waals surface area (Å²) in [4.78, 5) is 6.80. The Hall–Kier alpha value is -1.13. The Balaban J connectivity index is 2.06. The Morgan fingerprint density at radius 2 is 2.22 bits per heavy atom. The zero-order valence-corrected chi connectivity index (χ0v) is 11.3. The number of pyridine rings is 1. The van der Waals surface area contributed by atoms with Crippen molar-refractivity contribution < 1.29 is 9.47 Å². The van der Waals surface area contributed by atoms with Crippen LogP contribution in [0, 0.1) is 0 Å². The molecule has 2 rings (SSSR count). The zero-order chi connectivity index (χ0) is 12.8. The Kier molecular flexibility index (Phi) is 4.96. The second-order valence-electron chi connectivity index (χ2n) is 4.67. The maximum absolute atomic E-state index is 5.19. The number of piperidine rings is 1. The van der Waals surface area contributed by atoms with Crippen molar-refractivity contribution >= 4 is 0 Å². The van der Waals surface area contributed by atoms with Gasteiger partial charge in [-0.25, -0.2) is 4.98 Å². The lowest BCUT2D eigenvalue weighted by molar-refractivity contribution is 0.0958. The van der Waals surface area contributed by atoms with Crippen molar-refractivity contribution in [2.45, 2.75) is 25.3 Å².